The number of anilines is 1. The van der Waals surface area contributed by atoms with E-state index in [4.69, 9.17) is 10.5 Å². The summed E-state index contributed by atoms with van der Waals surface area (Å²) in [5, 5.41) is 0. The minimum absolute atomic E-state index is 0.768. The molecule has 0 amide bonds. The van der Waals surface area contributed by atoms with Gasteiger partial charge >= 0.3 is 0 Å². The maximum atomic E-state index is 6.03. The van der Waals surface area contributed by atoms with Crippen molar-refractivity contribution in [2.75, 3.05) is 12.8 Å². The van der Waals surface area contributed by atoms with Crippen molar-refractivity contribution in [2.45, 2.75) is 13.8 Å². The average molecular weight is 233 g/mol. The first-order chi connectivity index (χ1) is 7.61. The number of methoxy groups -OCH3 is 1. The van der Waals surface area contributed by atoms with Gasteiger partial charge in [0.05, 0.1) is 7.11 Å². The van der Waals surface area contributed by atoms with Crippen LogP contribution >= 0.6 is 11.3 Å². The fraction of sp³-hybridized carbons (Fsp3) is 0.231. The summed E-state index contributed by atoms with van der Waals surface area (Å²) in [6.45, 7) is 4.23. The molecular weight excluding hydrogens is 218 g/mol. The molecule has 84 valence electrons. The number of thiophene rings is 1. The Labute approximate surface area is 99.7 Å². The summed E-state index contributed by atoms with van der Waals surface area (Å²) < 4.78 is 5.14. The van der Waals surface area contributed by atoms with Crippen LogP contribution in [0, 0.1) is 13.8 Å². The molecule has 0 atom stereocenters. The Hall–Kier alpha value is -1.48. The molecular formula is C13H15NOS. The molecule has 2 nitrogen and oxygen atoms in total. The lowest BCUT2D eigenvalue weighted by atomic mass is 10.1. The first-order valence-corrected chi connectivity index (χ1v) is 5.94. The molecule has 0 fully saturated rings. The molecule has 0 unspecified atom stereocenters. The molecule has 0 aliphatic rings. The second-order valence-corrected chi connectivity index (χ2v) is 5.08. The van der Waals surface area contributed by atoms with Crippen molar-refractivity contribution >= 4 is 17.0 Å². The van der Waals surface area contributed by atoms with Gasteiger partial charge in [-0.1, -0.05) is 0 Å². The van der Waals surface area contributed by atoms with Gasteiger partial charge in [0, 0.05) is 27.1 Å². The van der Waals surface area contributed by atoms with E-state index in [0.717, 1.165) is 17.0 Å². The highest BCUT2D eigenvalue weighted by Gasteiger charge is 2.09. The molecule has 0 saturated heterocycles. The number of rotatable bonds is 2. The zero-order valence-corrected chi connectivity index (χ0v) is 10.5. The van der Waals surface area contributed by atoms with Gasteiger partial charge in [-0.2, -0.15) is 0 Å². The van der Waals surface area contributed by atoms with Gasteiger partial charge in [0.15, 0.2) is 0 Å². The third-order valence-corrected chi connectivity index (χ3v) is 3.73. The zero-order chi connectivity index (χ0) is 11.7. The fourth-order valence-corrected chi connectivity index (χ4v) is 2.86. The molecule has 3 heteroatoms. The van der Waals surface area contributed by atoms with Crippen molar-refractivity contribution in [3.05, 3.63) is 34.7 Å². The number of nitrogen functional groups attached to an aromatic ring is 1. The first kappa shape index (κ1) is 11.0. The molecule has 0 radical (unpaired) electrons. The molecule has 2 N–H and O–H groups in total. The van der Waals surface area contributed by atoms with E-state index in [-0.39, 0.29) is 0 Å². The molecule has 1 aromatic carbocycles. The van der Waals surface area contributed by atoms with E-state index in [2.05, 4.69) is 19.9 Å². The van der Waals surface area contributed by atoms with Crippen LogP contribution in [0.5, 0.6) is 5.75 Å². The Balaban J connectivity index is 2.52. The normalized spacial score (nSPS) is 10.4. The van der Waals surface area contributed by atoms with Crippen molar-refractivity contribution in [3.8, 4) is 16.2 Å². The van der Waals surface area contributed by atoms with Gasteiger partial charge in [-0.25, -0.2) is 0 Å². The van der Waals surface area contributed by atoms with Gasteiger partial charge in [0.2, 0.25) is 0 Å². The number of aryl methyl sites for hydroxylation is 2. The maximum Gasteiger partial charge on any atom is 0.120 e. The average Bonchev–Trinajstić information content (AvgIpc) is 2.57. The van der Waals surface area contributed by atoms with Crippen LogP contribution < -0.4 is 10.5 Å². The van der Waals surface area contributed by atoms with Gasteiger partial charge in [0.25, 0.3) is 0 Å². The summed E-state index contributed by atoms with van der Waals surface area (Å²) in [4.78, 5) is 2.56. The van der Waals surface area contributed by atoms with Crippen LogP contribution in [0.25, 0.3) is 10.4 Å². The molecule has 1 heterocycles. The van der Waals surface area contributed by atoms with Gasteiger partial charge < -0.3 is 10.5 Å². The number of hydrogen-bond acceptors (Lipinski definition) is 3. The van der Waals surface area contributed by atoms with E-state index in [1.165, 1.54) is 15.3 Å². The molecule has 0 saturated carbocycles. The Morgan fingerprint density at radius 2 is 1.94 bits per heavy atom. The monoisotopic (exact) mass is 233 g/mol. The minimum Gasteiger partial charge on any atom is -0.497 e. The van der Waals surface area contributed by atoms with Crippen molar-refractivity contribution in [2.24, 2.45) is 0 Å². The van der Waals surface area contributed by atoms with E-state index in [1.807, 2.05) is 18.2 Å². The molecule has 0 bridgehead atoms. The number of nitrogens with two attached hydrogens (primary N) is 1. The summed E-state index contributed by atoms with van der Waals surface area (Å²) >= 11 is 1.77. The van der Waals surface area contributed by atoms with Crippen LogP contribution in [0.4, 0.5) is 5.69 Å². The van der Waals surface area contributed by atoms with E-state index in [9.17, 15) is 0 Å². The third kappa shape index (κ3) is 1.91. The predicted octanol–water partition coefficient (Wildman–Crippen LogP) is 3.62. The standard InChI is InChI=1S/C13H15NOS/c1-8-6-9(2)16-13(8)11-5-4-10(15-3)7-12(11)14/h4-7H,14H2,1-3H3. The smallest absolute Gasteiger partial charge is 0.120 e. The van der Waals surface area contributed by atoms with Crippen LogP contribution in [0.2, 0.25) is 0 Å². The van der Waals surface area contributed by atoms with Crippen LogP contribution in [0.3, 0.4) is 0 Å². The molecule has 0 aliphatic carbocycles. The third-order valence-electron chi connectivity index (χ3n) is 2.54. The summed E-state index contributed by atoms with van der Waals surface area (Å²) in [5.74, 6) is 0.798. The largest absolute Gasteiger partial charge is 0.497 e. The van der Waals surface area contributed by atoms with Crippen molar-refractivity contribution < 1.29 is 4.74 Å². The van der Waals surface area contributed by atoms with Gasteiger partial charge in [-0.05, 0) is 37.6 Å². The quantitative estimate of drug-likeness (QED) is 0.804. The first-order valence-electron chi connectivity index (χ1n) is 5.12. The second-order valence-electron chi connectivity index (χ2n) is 3.82. The molecule has 0 spiro atoms. The fourth-order valence-electron chi connectivity index (χ4n) is 1.78. The zero-order valence-electron chi connectivity index (χ0n) is 9.70. The van der Waals surface area contributed by atoms with E-state index in [0.29, 0.717) is 0 Å². The number of benzene rings is 1. The summed E-state index contributed by atoms with van der Waals surface area (Å²) in [6.07, 6.45) is 0. The summed E-state index contributed by atoms with van der Waals surface area (Å²) in [5.41, 5.74) is 9.17. The molecule has 2 rings (SSSR count). The SMILES string of the molecule is COc1ccc(-c2sc(C)cc2C)c(N)c1. The van der Waals surface area contributed by atoms with Gasteiger partial charge in [-0.3, -0.25) is 0 Å². The maximum absolute atomic E-state index is 6.03. The topological polar surface area (TPSA) is 35.2 Å². The van der Waals surface area contributed by atoms with Crippen LogP contribution in [0.15, 0.2) is 24.3 Å². The second kappa shape index (κ2) is 4.18. The van der Waals surface area contributed by atoms with Crippen LogP contribution in [-0.2, 0) is 0 Å². The Morgan fingerprint density at radius 1 is 1.19 bits per heavy atom. The Morgan fingerprint density at radius 3 is 2.44 bits per heavy atom. The van der Waals surface area contributed by atoms with E-state index < -0.39 is 0 Å². The van der Waals surface area contributed by atoms with Crippen LogP contribution in [-0.4, -0.2) is 7.11 Å². The Bertz CT molecular complexity index is 517. The van der Waals surface area contributed by atoms with E-state index >= 15 is 0 Å². The predicted molar refractivity (Wildman–Crippen MR) is 70.2 cm³/mol. The lowest BCUT2D eigenvalue weighted by Crippen LogP contribution is -1.91. The van der Waals surface area contributed by atoms with Crippen LogP contribution in [0.1, 0.15) is 10.4 Å². The number of hydrogen-bond donors (Lipinski definition) is 1. The van der Waals surface area contributed by atoms with Crippen molar-refractivity contribution in [3.63, 3.8) is 0 Å². The van der Waals surface area contributed by atoms with Gasteiger partial charge in [-0.15, -0.1) is 11.3 Å². The highest BCUT2D eigenvalue weighted by molar-refractivity contribution is 7.15. The lowest BCUT2D eigenvalue weighted by Gasteiger charge is -2.07. The molecule has 1 aromatic heterocycles. The summed E-state index contributed by atoms with van der Waals surface area (Å²) in [7, 11) is 1.65. The Kier molecular flexibility index (Phi) is 2.88. The van der Waals surface area contributed by atoms with Gasteiger partial charge in [0.1, 0.15) is 5.75 Å². The summed E-state index contributed by atoms with van der Waals surface area (Å²) in [6, 6.07) is 8.01. The molecule has 16 heavy (non-hydrogen) atoms. The number of ether oxygens (including phenoxy) is 1. The minimum atomic E-state index is 0.768. The molecule has 2 aromatic rings. The molecule has 0 aliphatic heterocycles. The highest BCUT2D eigenvalue weighted by atomic mass is 32.1. The van der Waals surface area contributed by atoms with E-state index in [1.54, 1.807) is 18.4 Å². The van der Waals surface area contributed by atoms with Crippen molar-refractivity contribution in [1.29, 1.82) is 0 Å². The lowest BCUT2D eigenvalue weighted by molar-refractivity contribution is 0.415. The highest BCUT2D eigenvalue weighted by Crippen LogP contribution is 2.36. The van der Waals surface area contributed by atoms with Crippen molar-refractivity contribution in [1.82, 2.24) is 0 Å².